The van der Waals surface area contributed by atoms with E-state index in [0.717, 1.165) is 50.4 Å². The zero-order valence-electron chi connectivity index (χ0n) is 12.0. The van der Waals surface area contributed by atoms with Crippen molar-refractivity contribution in [1.82, 2.24) is 9.80 Å². The monoisotopic (exact) mass is 275 g/mol. The quantitative estimate of drug-likeness (QED) is 0.843. The Balaban J connectivity index is 2.05. The molecule has 4 heteroatoms. The van der Waals surface area contributed by atoms with Crippen molar-refractivity contribution in [1.29, 1.82) is 0 Å². The minimum Gasteiger partial charge on any atom is -0.320 e. The Labute approximate surface area is 120 Å². The minimum atomic E-state index is -0.245. The maximum Gasteiger partial charge on any atom is 0.124 e. The van der Waals surface area contributed by atoms with Gasteiger partial charge in [0.1, 0.15) is 5.82 Å². The molecule has 0 spiro atoms. The van der Waals surface area contributed by atoms with E-state index in [2.05, 4.69) is 28.6 Å². The van der Waals surface area contributed by atoms with Crippen molar-refractivity contribution < 1.29 is 4.39 Å². The maximum absolute atomic E-state index is 13.3. The summed E-state index contributed by atoms with van der Waals surface area (Å²) in [6.07, 6.45) is 0. The number of piperazine rings is 1. The molecule has 0 radical (unpaired) electrons. The molecule has 0 unspecified atom stereocenters. The van der Waals surface area contributed by atoms with Crippen molar-refractivity contribution in [2.45, 2.75) is 13.5 Å². The fourth-order valence-corrected chi connectivity index (χ4v) is 2.45. The Hall–Kier alpha value is -1.41. The summed E-state index contributed by atoms with van der Waals surface area (Å²) in [7, 11) is 0. The van der Waals surface area contributed by atoms with Gasteiger partial charge in [0, 0.05) is 38.3 Å². The second-order valence-electron chi connectivity index (χ2n) is 5.02. The zero-order chi connectivity index (χ0) is 14.4. The fourth-order valence-electron chi connectivity index (χ4n) is 2.45. The van der Waals surface area contributed by atoms with E-state index in [1.54, 1.807) is 0 Å². The van der Waals surface area contributed by atoms with Gasteiger partial charge in [0.2, 0.25) is 0 Å². The molecule has 1 fully saturated rings. The van der Waals surface area contributed by atoms with Gasteiger partial charge in [-0.05, 0) is 24.2 Å². The lowest BCUT2D eigenvalue weighted by atomic mass is 10.1. The number of hydrogen-bond acceptors (Lipinski definition) is 3. The predicted octanol–water partition coefficient (Wildman–Crippen LogP) is 1.27. The van der Waals surface area contributed by atoms with Gasteiger partial charge < -0.3 is 10.6 Å². The molecule has 20 heavy (non-hydrogen) atoms. The molecule has 1 aliphatic rings. The molecule has 0 amide bonds. The van der Waals surface area contributed by atoms with E-state index in [9.17, 15) is 4.39 Å². The SMILES string of the molecule is CCN1CCN(Cc2ccc(F)cc2C#CCN)CC1. The molecule has 0 atom stereocenters. The molecule has 1 heterocycles. The average Bonchev–Trinajstić information content (AvgIpc) is 2.48. The largest absolute Gasteiger partial charge is 0.320 e. The van der Waals surface area contributed by atoms with E-state index in [0.29, 0.717) is 6.54 Å². The second kappa shape index (κ2) is 7.39. The summed E-state index contributed by atoms with van der Waals surface area (Å²) in [5.74, 6) is 5.54. The second-order valence-corrected chi connectivity index (χ2v) is 5.02. The Bertz CT molecular complexity index is 496. The van der Waals surface area contributed by atoms with Crippen molar-refractivity contribution in [3.05, 3.63) is 35.1 Å². The van der Waals surface area contributed by atoms with Crippen molar-refractivity contribution >= 4 is 0 Å². The van der Waals surface area contributed by atoms with Gasteiger partial charge >= 0.3 is 0 Å². The van der Waals surface area contributed by atoms with Crippen molar-refractivity contribution in [3.8, 4) is 11.8 Å². The third kappa shape index (κ3) is 4.04. The molecule has 108 valence electrons. The first-order chi connectivity index (χ1) is 9.72. The molecule has 1 aliphatic heterocycles. The Morgan fingerprint density at radius 3 is 2.55 bits per heavy atom. The van der Waals surface area contributed by atoms with Crippen molar-refractivity contribution in [2.75, 3.05) is 39.3 Å². The van der Waals surface area contributed by atoms with Crippen LogP contribution in [0.15, 0.2) is 18.2 Å². The normalized spacial score (nSPS) is 16.8. The smallest absolute Gasteiger partial charge is 0.124 e. The molecule has 0 aromatic heterocycles. The van der Waals surface area contributed by atoms with Crippen LogP contribution in [0.4, 0.5) is 4.39 Å². The number of hydrogen-bond donors (Lipinski definition) is 1. The summed E-state index contributed by atoms with van der Waals surface area (Å²) >= 11 is 0. The molecule has 0 saturated carbocycles. The molecule has 3 nitrogen and oxygen atoms in total. The summed E-state index contributed by atoms with van der Waals surface area (Å²) < 4.78 is 13.3. The number of nitrogens with zero attached hydrogens (tertiary/aromatic N) is 2. The van der Waals surface area contributed by atoms with Gasteiger partial charge in [-0.3, -0.25) is 4.90 Å². The van der Waals surface area contributed by atoms with E-state index in [1.807, 2.05) is 6.07 Å². The molecule has 0 bridgehead atoms. The number of rotatable bonds is 3. The van der Waals surface area contributed by atoms with Crippen LogP contribution in [-0.4, -0.2) is 49.1 Å². The molecule has 2 N–H and O–H groups in total. The number of nitrogens with two attached hydrogens (primary N) is 1. The first-order valence-electron chi connectivity index (χ1n) is 7.15. The van der Waals surface area contributed by atoms with E-state index >= 15 is 0 Å². The van der Waals surface area contributed by atoms with Gasteiger partial charge in [-0.25, -0.2) is 4.39 Å². The maximum atomic E-state index is 13.3. The first-order valence-corrected chi connectivity index (χ1v) is 7.15. The topological polar surface area (TPSA) is 32.5 Å². The molecular weight excluding hydrogens is 253 g/mol. The van der Waals surface area contributed by atoms with Gasteiger partial charge in [0.25, 0.3) is 0 Å². The molecule has 1 aromatic rings. The molecule has 0 aliphatic carbocycles. The third-order valence-corrected chi connectivity index (χ3v) is 3.70. The van der Waals surface area contributed by atoms with Gasteiger partial charge in [0.05, 0.1) is 6.54 Å². The first kappa shape index (κ1) is 15.0. The van der Waals surface area contributed by atoms with E-state index in [-0.39, 0.29) is 5.82 Å². The third-order valence-electron chi connectivity index (χ3n) is 3.70. The van der Waals surface area contributed by atoms with Crippen molar-refractivity contribution in [3.63, 3.8) is 0 Å². The van der Waals surface area contributed by atoms with Gasteiger partial charge in [0.15, 0.2) is 0 Å². The van der Waals surface area contributed by atoms with Crippen molar-refractivity contribution in [2.24, 2.45) is 5.73 Å². The Morgan fingerprint density at radius 2 is 1.90 bits per heavy atom. The summed E-state index contributed by atoms with van der Waals surface area (Å²) in [4.78, 5) is 4.84. The van der Waals surface area contributed by atoms with Gasteiger partial charge in [-0.1, -0.05) is 24.8 Å². The Kier molecular flexibility index (Phi) is 5.54. The van der Waals surface area contributed by atoms with Crippen LogP contribution in [0, 0.1) is 17.7 Å². The van der Waals surface area contributed by atoms with Crippen LogP contribution in [0.1, 0.15) is 18.1 Å². The lowest BCUT2D eigenvalue weighted by molar-refractivity contribution is 0.132. The highest BCUT2D eigenvalue weighted by atomic mass is 19.1. The highest BCUT2D eigenvalue weighted by Gasteiger charge is 2.16. The van der Waals surface area contributed by atoms with Crippen LogP contribution in [0.3, 0.4) is 0 Å². The summed E-state index contributed by atoms with van der Waals surface area (Å²) in [6.45, 7) is 8.72. The fraction of sp³-hybridized carbons (Fsp3) is 0.500. The molecule has 1 aromatic carbocycles. The van der Waals surface area contributed by atoms with Crippen LogP contribution in [0.25, 0.3) is 0 Å². The lowest BCUT2D eigenvalue weighted by Crippen LogP contribution is -2.45. The molecule has 2 rings (SSSR count). The minimum absolute atomic E-state index is 0.245. The summed E-state index contributed by atoms with van der Waals surface area (Å²) in [6, 6.07) is 4.84. The highest BCUT2D eigenvalue weighted by Crippen LogP contribution is 2.14. The predicted molar refractivity (Wildman–Crippen MR) is 79.7 cm³/mol. The summed E-state index contributed by atoms with van der Waals surface area (Å²) in [5, 5.41) is 0. The van der Waals surface area contributed by atoms with Gasteiger partial charge in [-0.2, -0.15) is 0 Å². The van der Waals surface area contributed by atoms with Crippen LogP contribution in [0.2, 0.25) is 0 Å². The standard InChI is InChI=1S/C16H22FN3/c1-2-19-8-10-20(11-9-19)13-15-5-6-16(17)12-14(15)4-3-7-18/h5-6,12H,2,7-11,13,18H2,1H3. The molecular formula is C16H22FN3. The van der Waals surface area contributed by atoms with Crippen LogP contribution in [-0.2, 0) is 6.54 Å². The van der Waals surface area contributed by atoms with Crippen LogP contribution >= 0.6 is 0 Å². The highest BCUT2D eigenvalue weighted by molar-refractivity contribution is 5.41. The van der Waals surface area contributed by atoms with E-state index < -0.39 is 0 Å². The van der Waals surface area contributed by atoms with E-state index in [4.69, 9.17) is 5.73 Å². The number of benzene rings is 1. The molecule has 1 saturated heterocycles. The van der Waals surface area contributed by atoms with Crippen LogP contribution < -0.4 is 5.73 Å². The van der Waals surface area contributed by atoms with Gasteiger partial charge in [-0.15, -0.1) is 0 Å². The average molecular weight is 275 g/mol. The Morgan fingerprint density at radius 1 is 1.20 bits per heavy atom. The van der Waals surface area contributed by atoms with Crippen LogP contribution in [0.5, 0.6) is 0 Å². The number of halogens is 1. The number of likely N-dealkylation sites (N-methyl/N-ethyl adjacent to an activating group) is 1. The van der Waals surface area contributed by atoms with E-state index in [1.165, 1.54) is 12.1 Å². The lowest BCUT2D eigenvalue weighted by Gasteiger charge is -2.34. The zero-order valence-corrected chi connectivity index (χ0v) is 12.0. The summed E-state index contributed by atoms with van der Waals surface area (Å²) in [5.41, 5.74) is 7.23.